The topological polar surface area (TPSA) is 112 Å². The second-order valence-electron chi connectivity index (χ2n) is 9.97. The molecule has 1 aliphatic rings. The molecule has 0 bridgehead atoms. The van der Waals surface area contributed by atoms with Crippen molar-refractivity contribution < 1.29 is 28.8 Å². The Bertz CT molecular complexity index is 773. The molecule has 0 radical (unpaired) electrons. The summed E-state index contributed by atoms with van der Waals surface area (Å²) in [5.74, 6) is 1.89. The summed E-state index contributed by atoms with van der Waals surface area (Å²) < 4.78 is 22.0. The maximum atomic E-state index is 12.7. The van der Waals surface area contributed by atoms with E-state index in [1.165, 1.54) is 0 Å². The predicted octanol–water partition coefficient (Wildman–Crippen LogP) is 3.50. The molecule has 208 valence electrons. The lowest BCUT2D eigenvalue weighted by atomic mass is 9.83. The first-order chi connectivity index (χ1) is 16.8. The molecule has 1 aliphatic carbocycles. The molecule has 3 unspecified atom stereocenters. The van der Waals surface area contributed by atoms with Crippen LogP contribution < -0.4 is 20.5 Å². The normalized spacial score (nSPS) is 17.2. The van der Waals surface area contributed by atoms with Crippen LogP contribution in [0.15, 0.2) is 18.2 Å². The van der Waals surface area contributed by atoms with E-state index in [0.29, 0.717) is 44.1 Å². The van der Waals surface area contributed by atoms with Gasteiger partial charge in [0.25, 0.3) is 5.91 Å². The van der Waals surface area contributed by atoms with E-state index >= 15 is 0 Å². The van der Waals surface area contributed by atoms with Crippen molar-refractivity contribution in [1.82, 2.24) is 5.32 Å². The molecule has 1 aromatic carbocycles. The lowest BCUT2D eigenvalue weighted by Gasteiger charge is -2.29. The molecule has 0 spiro atoms. The van der Waals surface area contributed by atoms with E-state index in [-0.39, 0.29) is 30.8 Å². The van der Waals surface area contributed by atoms with Gasteiger partial charge in [-0.25, -0.2) is 0 Å². The number of hydrogen-bond acceptors (Lipinski definition) is 7. The molecule has 0 aliphatic heterocycles. The summed E-state index contributed by atoms with van der Waals surface area (Å²) in [6.07, 6.45) is 4.80. The Labute approximate surface area is 223 Å². The lowest BCUT2D eigenvalue weighted by Crippen LogP contribution is -2.51. The summed E-state index contributed by atoms with van der Waals surface area (Å²) in [6.45, 7) is 5.65. The fourth-order valence-corrected chi connectivity index (χ4v) is 4.73. The molecule has 2 rings (SSSR count). The van der Waals surface area contributed by atoms with E-state index in [4.69, 9.17) is 24.7 Å². The van der Waals surface area contributed by atoms with Crippen molar-refractivity contribution in [2.45, 2.75) is 76.5 Å². The molecule has 0 saturated heterocycles. The van der Waals surface area contributed by atoms with E-state index in [9.17, 15) is 9.90 Å². The third-order valence-electron chi connectivity index (χ3n) is 7.18. The van der Waals surface area contributed by atoms with Crippen molar-refractivity contribution in [2.24, 2.45) is 17.6 Å². The van der Waals surface area contributed by atoms with E-state index in [0.717, 1.165) is 37.0 Å². The van der Waals surface area contributed by atoms with Gasteiger partial charge in [0.15, 0.2) is 11.5 Å². The third kappa shape index (κ3) is 9.38. The number of hydrogen-bond donors (Lipinski definition) is 3. The Kier molecular flexibility index (Phi) is 14.7. The zero-order valence-corrected chi connectivity index (χ0v) is 23.4. The van der Waals surface area contributed by atoms with Crippen LogP contribution in [0.4, 0.5) is 0 Å². The number of aliphatic hydroxyl groups is 1. The number of carbonyl (C=O) groups is 1. The monoisotopic (exact) mass is 530 g/mol. The standard InChI is InChI=1S/C27H46N2O6.ClH/c1-19(2)21(15-20-9-10-24(33-4)25(16-20)35-14-8-13-32-3)17-22(28)23(30)18-29-26(31)27(34-5)11-6-7-12-27;/h9-10,16,19,21-23,30H,6-8,11-15,17-18,28H2,1-5H3,(H,29,31);1H. The first-order valence-electron chi connectivity index (χ1n) is 12.8. The molecule has 1 saturated carbocycles. The Hall–Kier alpha value is -1.58. The number of benzene rings is 1. The molecule has 9 heteroatoms. The Morgan fingerprint density at radius 1 is 1.14 bits per heavy atom. The molecular weight excluding hydrogens is 484 g/mol. The highest BCUT2D eigenvalue weighted by atomic mass is 35.5. The van der Waals surface area contributed by atoms with Gasteiger partial charge in [-0.15, -0.1) is 12.4 Å². The first-order valence-corrected chi connectivity index (χ1v) is 12.8. The second kappa shape index (κ2) is 16.3. The molecule has 36 heavy (non-hydrogen) atoms. The van der Waals surface area contributed by atoms with E-state index in [2.05, 4.69) is 19.2 Å². The van der Waals surface area contributed by atoms with Gasteiger partial charge in [-0.2, -0.15) is 0 Å². The van der Waals surface area contributed by atoms with Gasteiger partial charge in [-0.05, 0) is 68.1 Å². The van der Waals surface area contributed by atoms with Crippen LogP contribution in [-0.2, 0) is 20.7 Å². The number of nitrogens with one attached hydrogen (secondary N) is 1. The summed E-state index contributed by atoms with van der Waals surface area (Å²) in [5, 5.41) is 13.6. The van der Waals surface area contributed by atoms with Crippen LogP contribution in [0.25, 0.3) is 0 Å². The average Bonchev–Trinajstić information content (AvgIpc) is 3.35. The highest BCUT2D eigenvalue weighted by Crippen LogP contribution is 2.33. The maximum Gasteiger partial charge on any atom is 0.252 e. The van der Waals surface area contributed by atoms with Crippen LogP contribution >= 0.6 is 12.4 Å². The summed E-state index contributed by atoms with van der Waals surface area (Å²) in [4.78, 5) is 12.7. The number of halogens is 1. The van der Waals surface area contributed by atoms with Crippen molar-refractivity contribution in [3.63, 3.8) is 0 Å². The van der Waals surface area contributed by atoms with Crippen LogP contribution in [0.3, 0.4) is 0 Å². The van der Waals surface area contributed by atoms with Gasteiger partial charge < -0.3 is 35.1 Å². The van der Waals surface area contributed by atoms with Crippen LogP contribution in [0.5, 0.6) is 11.5 Å². The highest BCUT2D eigenvalue weighted by molar-refractivity contribution is 5.85. The highest BCUT2D eigenvalue weighted by Gasteiger charge is 2.41. The number of nitrogens with two attached hydrogens (primary N) is 1. The molecule has 1 aromatic rings. The molecule has 3 atom stereocenters. The van der Waals surface area contributed by atoms with Crippen molar-refractivity contribution in [3.05, 3.63) is 23.8 Å². The van der Waals surface area contributed by atoms with Crippen molar-refractivity contribution >= 4 is 18.3 Å². The molecule has 1 amide bonds. The van der Waals surface area contributed by atoms with E-state index < -0.39 is 17.7 Å². The number of methoxy groups -OCH3 is 3. The number of carbonyl (C=O) groups excluding carboxylic acids is 1. The minimum absolute atomic E-state index is 0. The number of rotatable bonds is 16. The van der Waals surface area contributed by atoms with Gasteiger partial charge in [0, 0.05) is 39.8 Å². The van der Waals surface area contributed by atoms with Gasteiger partial charge in [-0.1, -0.05) is 19.9 Å². The minimum atomic E-state index is -0.828. The molecular formula is C27H47ClN2O6. The molecule has 0 heterocycles. The summed E-state index contributed by atoms with van der Waals surface area (Å²) in [5.41, 5.74) is 6.76. The number of amides is 1. The number of aliphatic hydroxyl groups excluding tert-OH is 1. The molecule has 4 N–H and O–H groups in total. The Morgan fingerprint density at radius 2 is 1.83 bits per heavy atom. The maximum absolute atomic E-state index is 12.7. The zero-order chi connectivity index (χ0) is 25.8. The van der Waals surface area contributed by atoms with Gasteiger partial charge >= 0.3 is 0 Å². The molecule has 1 fully saturated rings. The third-order valence-corrected chi connectivity index (χ3v) is 7.18. The summed E-state index contributed by atoms with van der Waals surface area (Å²) in [7, 11) is 4.89. The zero-order valence-electron chi connectivity index (χ0n) is 22.6. The van der Waals surface area contributed by atoms with Crippen LogP contribution in [0.2, 0.25) is 0 Å². The largest absolute Gasteiger partial charge is 0.493 e. The molecule has 8 nitrogen and oxygen atoms in total. The minimum Gasteiger partial charge on any atom is -0.493 e. The smallest absolute Gasteiger partial charge is 0.252 e. The fraction of sp³-hybridized carbons (Fsp3) is 0.741. The van der Waals surface area contributed by atoms with Gasteiger partial charge in [0.1, 0.15) is 5.60 Å². The summed E-state index contributed by atoms with van der Waals surface area (Å²) >= 11 is 0. The van der Waals surface area contributed by atoms with Gasteiger partial charge in [-0.3, -0.25) is 4.79 Å². The van der Waals surface area contributed by atoms with Crippen molar-refractivity contribution in [3.8, 4) is 11.5 Å². The molecule has 0 aromatic heterocycles. The number of ether oxygens (including phenoxy) is 4. The predicted molar refractivity (Wildman–Crippen MR) is 144 cm³/mol. The van der Waals surface area contributed by atoms with Crippen LogP contribution in [-0.4, -0.2) is 69.8 Å². The fourth-order valence-electron chi connectivity index (χ4n) is 4.73. The van der Waals surface area contributed by atoms with Gasteiger partial charge in [0.2, 0.25) is 0 Å². The Balaban J connectivity index is 0.00000648. The SMILES string of the molecule is COCCCOc1cc(CC(CC(N)C(O)CNC(=O)C2(OC)CCCC2)C(C)C)ccc1OC.Cl. The van der Waals surface area contributed by atoms with Crippen molar-refractivity contribution in [2.75, 3.05) is 41.1 Å². The second-order valence-corrected chi connectivity index (χ2v) is 9.97. The quantitative estimate of drug-likeness (QED) is 0.280. The van der Waals surface area contributed by atoms with E-state index in [1.807, 2.05) is 18.2 Å². The Morgan fingerprint density at radius 3 is 2.42 bits per heavy atom. The first kappa shape index (κ1) is 32.4. The lowest BCUT2D eigenvalue weighted by molar-refractivity contribution is -0.143. The van der Waals surface area contributed by atoms with Gasteiger partial charge in [0.05, 0.1) is 19.8 Å². The van der Waals surface area contributed by atoms with Crippen molar-refractivity contribution in [1.29, 1.82) is 0 Å². The van der Waals surface area contributed by atoms with Crippen LogP contribution in [0.1, 0.15) is 57.9 Å². The van der Waals surface area contributed by atoms with Crippen LogP contribution in [0, 0.1) is 11.8 Å². The average molecular weight is 531 g/mol. The summed E-state index contributed by atoms with van der Waals surface area (Å²) in [6, 6.07) is 5.55. The van der Waals surface area contributed by atoms with E-state index in [1.54, 1.807) is 21.3 Å².